The molecule has 52 heavy (non-hydrogen) atoms. The summed E-state index contributed by atoms with van der Waals surface area (Å²) in [5, 5.41) is 19.3. The number of hydrogen-bond acceptors (Lipinski definition) is 8. The van der Waals surface area contributed by atoms with Gasteiger partial charge in [-0.2, -0.15) is 0 Å². The van der Waals surface area contributed by atoms with Crippen LogP contribution in [0.25, 0.3) is 0 Å². The third kappa shape index (κ3) is 35.8. The molecule has 8 heteroatoms. The lowest BCUT2D eigenvalue weighted by Gasteiger charge is -2.27. The van der Waals surface area contributed by atoms with Gasteiger partial charge < -0.3 is 19.7 Å². The quantitative estimate of drug-likeness (QED) is 0.0471. The molecule has 0 radical (unpaired) electrons. The summed E-state index contributed by atoms with van der Waals surface area (Å²) in [6.07, 6.45) is 32.8. The molecule has 0 aliphatic rings. The van der Waals surface area contributed by atoms with Crippen molar-refractivity contribution >= 4 is 11.9 Å². The lowest BCUT2D eigenvalue weighted by Crippen LogP contribution is -2.38. The summed E-state index contributed by atoms with van der Waals surface area (Å²) >= 11 is 0. The fourth-order valence-electron chi connectivity index (χ4n) is 6.95. The minimum atomic E-state index is -0.125. The second kappa shape index (κ2) is 41.0. The van der Waals surface area contributed by atoms with Gasteiger partial charge in [0.25, 0.3) is 0 Å². The van der Waals surface area contributed by atoms with Crippen LogP contribution in [-0.4, -0.2) is 97.1 Å². The molecule has 0 saturated heterocycles. The third-order valence-corrected chi connectivity index (χ3v) is 10.3. The Morgan fingerprint density at radius 2 is 0.846 bits per heavy atom. The highest BCUT2D eigenvalue weighted by Gasteiger charge is 2.15. The number of nitrogens with zero attached hydrogens (tertiary/aromatic N) is 2. The fourth-order valence-corrected chi connectivity index (χ4v) is 6.95. The molecule has 0 spiro atoms. The van der Waals surface area contributed by atoms with Gasteiger partial charge in [0.05, 0.1) is 19.8 Å². The molecule has 0 fully saturated rings. The third-order valence-electron chi connectivity index (χ3n) is 10.3. The number of carbonyl (C=O) groups is 2. The van der Waals surface area contributed by atoms with Crippen LogP contribution in [0.1, 0.15) is 207 Å². The van der Waals surface area contributed by atoms with E-state index in [-0.39, 0.29) is 31.3 Å². The maximum atomic E-state index is 12.8. The van der Waals surface area contributed by atoms with Gasteiger partial charge in [-0.15, -0.1) is 0 Å². The minimum Gasteiger partial charge on any atom is -0.466 e. The SMILES string of the molecule is CCCCCCCCCCCOC(=O)CCCN(CCO)CCN(CCO)CCCCCC(=O)OC(CCCCCCC)CCCCCCCCC. The van der Waals surface area contributed by atoms with E-state index in [4.69, 9.17) is 9.47 Å². The van der Waals surface area contributed by atoms with Gasteiger partial charge in [-0.25, -0.2) is 0 Å². The second-order valence-electron chi connectivity index (χ2n) is 15.3. The number of ether oxygens (including phenoxy) is 2. The Bertz CT molecular complexity index is 754. The largest absolute Gasteiger partial charge is 0.466 e. The lowest BCUT2D eigenvalue weighted by molar-refractivity contribution is -0.150. The predicted molar refractivity (Wildman–Crippen MR) is 219 cm³/mol. The number of aliphatic hydroxyl groups excluding tert-OH is 2. The van der Waals surface area contributed by atoms with Crippen LogP contribution in [0.15, 0.2) is 0 Å². The smallest absolute Gasteiger partial charge is 0.306 e. The lowest BCUT2D eigenvalue weighted by atomic mass is 10.0. The van der Waals surface area contributed by atoms with Crippen LogP contribution in [0.4, 0.5) is 0 Å². The van der Waals surface area contributed by atoms with Crippen molar-refractivity contribution in [2.45, 2.75) is 213 Å². The molecule has 8 nitrogen and oxygen atoms in total. The van der Waals surface area contributed by atoms with Gasteiger partial charge in [0.1, 0.15) is 6.10 Å². The number of carbonyl (C=O) groups excluding carboxylic acids is 2. The van der Waals surface area contributed by atoms with Crippen molar-refractivity contribution in [3.8, 4) is 0 Å². The summed E-state index contributed by atoms with van der Waals surface area (Å²) in [5.74, 6) is -0.166. The van der Waals surface area contributed by atoms with Gasteiger partial charge in [-0.05, 0) is 64.5 Å². The topological polar surface area (TPSA) is 99.5 Å². The Labute approximate surface area is 322 Å². The summed E-state index contributed by atoms with van der Waals surface area (Å²) in [4.78, 5) is 29.5. The van der Waals surface area contributed by atoms with E-state index < -0.39 is 0 Å². The molecule has 0 heterocycles. The summed E-state index contributed by atoms with van der Waals surface area (Å²) in [6.45, 7) is 11.8. The van der Waals surface area contributed by atoms with Crippen molar-refractivity contribution in [3.63, 3.8) is 0 Å². The zero-order valence-electron chi connectivity index (χ0n) is 34.9. The van der Waals surface area contributed by atoms with E-state index in [0.29, 0.717) is 39.0 Å². The molecular formula is C44H88N2O6. The molecule has 1 unspecified atom stereocenters. The minimum absolute atomic E-state index is 0.0410. The van der Waals surface area contributed by atoms with E-state index in [9.17, 15) is 19.8 Å². The van der Waals surface area contributed by atoms with E-state index in [1.807, 2.05) is 0 Å². The van der Waals surface area contributed by atoms with Crippen molar-refractivity contribution < 1.29 is 29.3 Å². The normalized spacial score (nSPS) is 12.2. The van der Waals surface area contributed by atoms with Gasteiger partial charge >= 0.3 is 11.9 Å². The van der Waals surface area contributed by atoms with Gasteiger partial charge in [-0.1, -0.05) is 143 Å². The van der Waals surface area contributed by atoms with E-state index in [1.165, 1.54) is 109 Å². The van der Waals surface area contributed by atoms with Crippen LogP contribution in [0.2, 0.25) is 0 Å². The number of rotatable bonds is 42. The number of aliphatic hydroxyl groups is 2. The Kier molecular flexibility index (Phi) is 40.0. The number of esters is 2. The highest BCUT2D eigenvalue weighted by Crippen LogP contribution is 2.18. The molecule has 0 amide bonds. The summed E-state index contributed by atoms with van der Waals surface area (Å²) in [5.41, 5.74) is 0. The first-order chi connectivity index (χ1) is 25.5. The first-order valence-electron chi connectivity index (χ1n) is 22.5. The molecule has 0 aliphatic carbocycles. The number of hydrogen-bond donors (Lipinski definition) is 2. The molecule has 0 aromatic rings. The van der Waals surface area contributed by atoms with Gasteiger partial charge in [-0.3, -0.25) is 19.4 Å². The van der Waals surface area contributed by atoms with Crippen LogP contribution < -0.4 is 0 Å². The summed E-state index contributed by atoms with van der Waals surface area (Å²) in [6, 6.07) is 0. The van der Waals surface area contributed by atoms with Gasteiger partial charge in [0.2, 0.25) is 0 Å². The van der Waals surface area contributed by atoms with Crippen molar-refractivity contribution in [1.82, 2.24) is 9.80 Å². The Morgan fingerprint density at radius 3 is 1.33 bits per heavy atom. The first-order valence-corrected chi connectivity index (χ1v) is 22.5. The Balaban J connectivity index is 4.30. The highest BCUT2D eigenvalue weighted by atomic mass is 16.5. The zero-order valence-corrected chi connectivity index (χ0v) is 34.9. The molecule has 0 aromatic carbocycles. The highest BCUT2D eigenvalue weighted by molar-refractivity contribution is 5.69. The summed E-state index contributed by atoms with van der Waals surface area (Å²) in [7, 11) is 0. The van der Waals surface area contributed by atoms with Gasteiger partial charge in [0.15, 0.2) is 0 Å². The van der Waals surface area contributed by atoms with Crippen molar-refractivity contribution in [1.29, 1.82) is 0 Å². The molecule has 0 bridgehead atoms. The monoisotopic (exact) mass is 741 g/mol. The molecule has 1 atom stereocenters. The van der Waals surface area contributed by atoms with Crippen LogP contribution in [0, 0.1) is 0 Å². The number of unbranched alkanes of at least 4 members (excludes halogenated alkanes) is 20. The van der Waals surface area contributed by atoms with Crippen LogP contribution in [0.3, 0.4) is 0 Å². The fraction of sp³-hybridized carbons (Fsp3) is 0.955. The average Bonchev–Trinajstić information content (AvgIpc) is 3.13. The summed E-state index contributed by atoms with van der Waals surface area (Å²) < 4.78 is 11.5. The molecule has 0 saturated carbocycles. The maximum absolute atomic E-state index is 12.8. The molecular weight excluding hydrogens is 652 g/mol. The average molecular weight is 741 g/mol. The van der Waals surface area contributed by atoms with Crippen molar-refractivity contribution in [2.75, 3.05) is 59.1 Å². The van der Waals surface area contributed by atoms with Crippen molar-refractivity contribution in [2.24, 2.45) is 0 Å². The first kappa shape index (κ1) is 50.8. The standard InChI is InChI=1S/C44H88N2O6/c1-4-7-10-13-15-16-18-21-27-41-51-43(49)32-28-34-46(38-40-48)36-35-45(37-39-47)33-26-22-25-31-44(50)52-42(29-23-19-12-9-6-3)30-24-20-17-14-11-8-5-2/h42,47-48H,4-41H2,1-3H3. The van der Waals surface area contributed by atoms with Gasteiger partial charge in [0, 0.05) is 39.0 Å². The van der Waals surface area contributed by atoms with Crippen LogP contribution in [-0.2, 0) is 19.1 Å². The van der Waals surface area contributed by atoms with E-state index in [1.54, 1.807) is 0 Å². The van der Waals surface area contributed by atoms with Crippen molar-refractivity contribution in [3.05, 3.63) is 0 Å². The zero-order chi connectivity index (χ0) is 38.2. The maximum Gasteiger partial charge on any atom is 0.306 e. The molecule has 0 rings (SSSR count). The molecule has 0 aliphatic heterocycles. The Morgan fingerprint density at radius 1 is 0.442 bits per heavy atom. The Hall–Kier alpha value is -1.22. The molecule has 310 valence electrons. The molecule has 2 N–H and O–H groups in total. The van der Waals surface area contributed by atoms with E-state index in [2.05, 4.69) is 30.6 Å². The van der Waals surface area contributed by atoms with E-state index in [0.717, 1.165) is 84.0 Å². The molecule has 0 aromatic heterocycles. The van der Waals surface area contributed by atoms with Crippen LogP contribution in [0.5, 0.6) is 0 Å². The predicted octanol–water partition coefficient (Wildman–Crippen LogP) is 10.4. The van der Waals surface area contributed by atoms with E-state index >= 15 is 0 Å². The second-order valence-corrected chi connectivity index (χ2v) is 15.3. The van der Waals surface area contributed by atoms with Crippen LogP contribution >= 0.6 is 0 Å².